The normalized spacial score (nSPS) is 13.0. The van der Waals surface area contributed by atoms with E-state index in [2.05, 4.69) is 0 Å². The number of methoxy groups -OCH3 is 2. The molecule has 0 bridgehead atoms. The van der Waals surface area contributed by atoms with Gasteiger partial charge in [0.1, 0.15) is 0 Å². The molecular formula is C20H22O4. The maximum atomic E-state index is 11.6. The topological polar surface area (TPSA) is 52.6 Å². The third-order valence-corrected chi connectivity index (χ3v) is 4.26. The minimum atomic E-state index is -0.285. The summed E-state index contributed by atoms with van der Waals surface area (Å²) in [4.78, 5) is 23.2. The van der Waals surface area contributed by atoms with Crippen LogP contribution in [0.2, 0.25) is 0 Å². The van der Waals surface area contributed by atoms with Crippen molar-refractivity contribution in [1.82, 2.24) is 0 Å². The Kier molecular flexibility index (Phi) is 5.74. The van der Waals surface area contributed by atoms with Crippen molar-refractivity contribution in [2.24, 2.45) is 0 Å². The Morgan fingerprint density at radius 1 is 0.667 bits per heavy atom. The second-order valence-electron chi connectivity index (χ2n) is 5.73. The number of rotatable bonds is 5. The van der Waals surface area contributed by atoms with Gasteiger partial charge in [-0.05, 0) is 36.1 Å². The molecule has 4 heteroatoms. The lowest BCUT2D eigenvalue weighted by Crippen LogP contribution is -2.10. The molecule has 0 saturated heterocycles. The van der Waals surface area contributed by atoms with Crippen LogP contribution in [0.1, 0.15) is 36.8 Å². The van der Waals surface area contributed by atoms with Gasteiger partial charge in [0, 0.05) is 0 Å². The molecule has 0 spiro atoms. The molecule has 2 rings (SSSR count). The lowest BCUT2D eigenvalue weighted by atomic mass is 9.95. The summed E-state index contributed by atoms with van der Waals surface area (Å²) in [6.45, 7) is 3.65. The van der Waals surface area contributed by atoms with Crippen molar-refractivity contribution in [2.75, 3.05) is 14.2 Å². The molecule has 2 aromatic rings. The molecule has 0 amide bonds. The van der Waals surface area contributed by atoms with E-state index in [-0.39, 0.29) is 23.8 Å². The van der Waals surface area contributed by atoms with E-state index in [4.69, 9.17) is 9.47 Å². The highest BCUT2D eigenvalue weighted by molar-refractivity contribution is 5.79. The Balaban J connectivity index is 2.17. The maximum Gasteiger partial charge on any atom is 0.312 e. The van der Waals surface area contributed by atoms with Gasteiger partial charge in [0.2, 0.25) is 0 Å². The van der Waals surface area contributed by atoms with Gasteiger partial charge in [-0.1, -0.05) is 48.5 Å². The molecule has 0 unspecified atom stereocenters. The number of carbonyl (C=O) groups is 2. The fraction of sp³-hybridized carbons (Fsp3) is 0.300. The first-order valence-corrected chi connectivity index (χ1v) is 7.84. The molecule has 126 valence electrons. The van der Waals surface area contributed by atoms with Crippen LogP contribution in [0.4, 0.5) is 0 Å². The summed E-state index contributed by atoms with van der Waals surface area (Å²) in [5.74, 6) is -1.06. The molecule has 2 aromatic carbocycles. The largest absolute Gasteiger partial charge is 0.469 e. The van der Waals surface area contributed by atoms with E-state index in [1.165, 1.54) is 14.2 Å². The van der Waals surface area contributed by atoms with Gasteiger partial charge in [-0.2, -0.15) is 0 Å². The quantitative estimate of drug-likeness (QED) is 0.782. The number of ether oxygens (including phenoxy) is 2. The van der Waals surface area contributed by atoms with E-state index < -0.39 is 0 Å². The molecule has 4 nitrogen and oxygen atoms in total. The van der Waals surface area contributed by atoms with Crippen LogP contribution in [0.15, 0.2) is 48.5 Å². The fourth-order valence-corrected chi connectivity index (χ4v) is 2.55. The maximum absolute atomic E-state index is 11.6. The van der Waals surface area contributed by atoms with Crippen LogP contribution in [0, 0.1) is 0 Å². The van der Waals surface area contributed by atoms with E-state index in [0.717, 1.165) is 22.3 Å². The number of hydrogen-bond acceptors (Lipinski definition) is 4. The van der Waals surface area contributed by atoms with Crippen molar-refractivity contribution in [3.63, 3.8) is 0 Å². The highest BCUT2D eigenvalue weighted by atomic mass is 16.5. The van der Waals surface area contributed by atoms with E-state index >= 15 is 0 Å². The molecule has 24 heavy (non-hydrogen) atoms. The van der Waals surface area contributed by atoms with Gasteiger partial charge >= 0.3 is 11.9 Å². The highest BCUT2D eigenvalue weighted by Gasteiger charge is 2.16. The van der Waals surface area contributed by atoms with Gasteiger partial charge in [-0.3, -0.25) is 9.59 Å². The molecule has 0 aliphatic rings. The lowest BCUT2D eigenvalue weighted by Gasteiger charge is -2.12. The summed E-state index contributed by atoms with van der Waals surface area (Å²) in [6.07, 6.45) is 0. The van der Waals surface area contributed by atoms with E-state index in [1.807, 2.05) is 62.4 Å². The minimum absolute atomic E-state index is 0.246. The third-order valence-electron chi connectivity index (χ3n) is 4.26. The number of benzene rings is 2. The molecule has 2 atom stereocenters. The summed E-state index contributed by atoms with van der Waals surface area (Å²) >= 11 is 0. The standard InChI is InChI=1S/C20H22O4/c1-13(19(21)23-3)15-5-9-17(10-6-15)18-11-7-16(8-12-18)14(2)20(22)24-4/h5-14H,1-4H3/t13-,14-/m1/s1. The summed E-state index contributed by atoms with van der Waals surface area (Å²) < 4.78 is 9.54. The Hall–Kier alpha value is -2.62. The monoisotopic (exact) mass is 326 g/mol. The number of esters is 2. The van der Waals surface area contributed by atoms with Crippen molar-refractivity contribution in [3.8, 4) is 11.1 Å². The smallest absolute Gasteiger partial charge is 0.312 e. The van der Waals surface area contributed by atoms with Crippen molar-refractivity contribution >= 4 is 11.9 Å². The average molecular weight is 326 g/mol. The zero-order valence-electron chi connectivity index (χ0n) is 14.4. The van der Waals surface area contributed by atoms with Gasteiger partial charge in [-0.25, -0.2) is 0 Å². The molecular weight excluding hydrogens is 304 g/mol. The fourth-order valence-electron chi connectivity index (χ4n) is 2.55. The predicted molar refractivity (Wildman–Crippen MR) is 92.7 cm³/mol. The lowest BCUT2D eigenvalue weighted by molar-refractivity contribution is -0.142. The average Bonchev–Trinajstić information content (AvgIpc) is 2.65. The molecule has 0 fully saturated rings. The van der Waals surface area contributed by atoms with Gasteiger partial charge in [0.05, 0.1) is 26.1 Å². The molecule has 0 N–H and O–H groups in total. The van der Waals surface area contributed by atoms with Gasteiger partial charge in [-0.15, -0.1) is 0 Å². The molecule has 0 heterocycles. The summed E-state index contributed by atoms with van der Waals surface area (Å²) in [6, 6.07) is 15.6. The van der Waals surface area contributed by atoms with Gasteiger partial charge in [0.15, 0.2) is 0 Å². The molecule has 0 radical (unpaired) electrons. The predicted octanol–water partition coefficient (Wildman–Crippen LogP) is 3.91. The van der Waals surface area contributed by atoms with Crippen molar-refractivity contribution < 1.29 is 19.1 Å². The summed E-state index contributed by atoms with van der Waals surface area (Å²) in [7, 11) is 2.79. The molecule has 0 aliphatic heterocycles. The van der Waals surface area contributed by atoms with Crippen LogP contribution in [0.5, 0.6) is 0 Å². The van der Waals surface area contributed by atoms with Crippen LogP contribution >= 0.6 is 0 Å². The first kappa shape index (κ1) is 17.7. The van der Waals surface area contributed by atoms with Crippen LogP contribution in [-0.2, 0) is 19.1 Å². The van der Waals surface area contributed by atoms with Gasteiger partial charge < -0.3 is 9.47 Å². The third kappa shape index (κ3) is 3.82. The first-order valence-electron chi connectivity index (χ1n) is 7.84. The summed E-state index contributed by atoms with van der Waals surface area (Å²) in [5, 5.41) is 0. The van der Waals surface area contributed by atoms with Crippen molar-refractivity contribution in [1.29, 1.82) is 0 Å². The number of carbonyl (C=O) groups excluding carboxylic acids is 2. The van der Waals surface area contributed by atoms with Crippen LogP contribution in [-0.4, -0.2) is 26.2 Å². The Morgan fingerprint density at radius 3 is 1.21 bits per heavy atom. The van der Waals surface area contributed by atoms with Crippen LogP contribution in [0.3, 0.4) is 0 Å². The minimum Gasteiger partial charge on any atom is -0.469 e. The highest BCUT2D eigenvalue weighted by Crippen LogP contribution is 2.25. The first-order chi connectivity index (χ1) is 11.5. The molecule has 0 saturated carbocycles. The van der Waals surface area contributed by atoms with E-state index in [9.17, 15) is 9.59 Å². The van der Waals surface area contributed by atoms with Crippen molar-refractivity contribution in [3.05, 3.63) is 59.7 Å². The van der Waals surface area contributed by atoms with E-state index in [1.54, 1.807) is 0 Å². The second kappa shape index (κ2) is 7.77. The number of hydrogen-bond donors (Lipinski definition) is 0. The Labute approximate surface area is 142 Å². The SMILES string of the molecule is COC(=O)[C@H](C)c1ccc(-c2ccc([C@@H](C)C(=O)OC)cc2)cc1. The van der Waals surface area contributed by atoms with Crippen LogP contribution in [0.25, 0.3) is 11.1 Å². The van der Waals surface area contributed by atoms with E-state index in [0.29, 0.717) is 0 Å². The molecule has 0 aromatic heterocycles. The van der Waals surface area contributed by atoms with Crippen molar-refractivity contribution in [2.45, 2.75) is 25.7 Å². The summed E-state index contributed by atoms with van der Waals surface area (Å²) in [5.41, 5.74) is 3.93. The zero-order valence-corrected chi connectivity index (χ0v) is 14.4. The van der Waals surface area contributed by atoms with Crippen LogP contribution < -0.4 is 0 Å². The van der Waals surface area contributed by atoms with Gasteiger partial charge in [0.25, 0.3) is 0 Å². The second-order valence-corrected chi connectivity index (χ2v) is 5.73. The Morgan fingerprint density at radius 2 is 0.958 bits per heavy atom. The zero-order chi connectivity index (χ0) is 17.7. The Bertz CT molecular complexity index is 638. The molecule has 0 aliphatic carbocycles.